The molecule has 1 aliphatic carbocycles. The molecule has 1 saturated heterocycles. The van der Waals surface area contributed by atoms with Crippen molar-refractivity contribution in [2.24, 2.45) is 5.92 Å². The Labute approximate surface area is 130 Å². The molecule has 2 aliphatic rings. The molecule has 120 valence electrons. The second kappa shape index (κ2) is 5.99. The van der Waals surface area contributed by atoms with E-state index in [-0.39, 0.29) is 30.2 Å². The lowest BCUT2D eigenvalue weighted by Gasteiger charge is -2.16. The van der Waals surface area contributed by atoms with Crippen LogP contribution in [0.25, 0.3) is 0 Å². The molecule has 22 heavy (non-hydrogen) atoms. The normalized spacial score (nSPS) is 32.7. The van der Waals surface area contributed by atoms with E-state index < -0.39 is 5.79 Å². The predicted molar refractivity (Wildman–Crippen MR) is 79.5 cm³/mol. The highest BCUT2D eigenvalue weighted by atomic mass is 16.8. The summed E-state index contributed by atoms with van der Waals surface area (Å²) in [5, 5.41) is 0. The summed E-state index contributed by atoms with van der Waals surface area (Å²) in [5.41, 5.74) is 0.575. The van der Waals surface area contributed by atoms with Gasteiger partial charge in [0.25, 0.3) is 0 Å². The van der Waals surface area contributed by atoms with Crippen LogP contribution in [0.4, 0.5) is 0 Å². The van der Waals surface area contributed by atoms with Crippen molar-refractivity contribution >= 4 is 5.97 Å². The number of ether oxygens (including phenoxy) is 4. The van der Waals surface area contributed by atoms with E-state index in [1.807, 2.05) is 32.0 Å². The molecule has 1 aromatic carbocycles. The highest BCUT2D eigenvalue weighted by Gasteiger charge is 2.55. The first-order valence-electron chi connectivity index (χ1n) is 7.61. The Balaban J connectivity index is 1.58. The van der Waals surface area contributed by atoms with Crippen molar-refractivity contribution in [1.82, 2.24) is 0 Å². The van der Waals surface area contributed by atoms with E-state index in [2.05, 4.69) is 0 Å². The van der Waals surface area contributed by atoms with Crippen LogP contribution >= 0.6 is 0 Å². The van der Waals surface area contributed by atoms with Crippen molar-refractivity contribution in [3.05, 3.63) is 35.9 Å². The maximum absolute atomic E-state index is 12.1. The monoisotopic (exact) mass is 306 g/mol. The summed E-state index contributed by atoms with van der Waals surface area (Å²) in [6, 6.07) is 9.04. The third-order valence-corrected chi connectivity index (χ3v) is 4.02. The summed E-state index contributed by atoms with van der Waals surface area (Å²) in [6.45, 7) is 4.26. The zero-order chi connectivity index (χ0) is 15.7. The molecule has 2 fully saturated rings. The highest BCUT2D eigenvalue weighted by Crippen LogP contribution is 2.45. The number of carbonyl (C=O) groups is 1. The molecule has 0 spiro atoms. The summed E-state index contributed by atoms with van der Waals surface area (Å²) in [4.78, 5) is 12.1. The van der Waals surface area contributed by atoms with Crippen molar-refractivity contribution < 1.29 is 23.7 Å². The van der Waals surface area contributed by atoms with Crippen molar-refractivity contribution in [3.63, 3.8) is 0 Å². The molecule has 1 aliphatic heterocycles. The maximum Gasteiger partial charge on any atom is 0.338 e. The number of hydrogen-bond acceptors (Lipinski definition) is 5. The first-order valence-corrected chi connectivity index (χ1v) is 7.61. The van der Waals surface area contributed by atoms with E-state index in [0.717, 1.165) is 6.42 Å². The number of hydrogen-bond donors (Lipinski definition) is 0. The first kappa shape index (κ1) is 15.5. The molecule has 5 nitrogen and oxygen atoms in total. The molecule has 1 saturated carbocycles. The lowest BCUT2D eigenvalue weighted by Crippen LogP contribution is -2.30. The van der Waals surface area contributed by atoms with Crippen LogP contribution < -0.4 is 0 Å². The van der Waals surface area contributed by atoms with Crippen LogP contribution in [0.15, 0.2) is 30.3 Å². The molecule has 0 bridgehead atoms. The van der Waals surface area contributed by atoms with Gasteiger partial charge in [-0.3, -0.25) is 0 Å². The zero-order valence-electron chi connectivity index (χ0n) is 13.2. The zero-order valence-corrected chi connectivity index (χ0v) is 13.2. The van der Waals surface area contributed by atoms with Crippen LogP contribution in [0.3, 0.4) is 0 Å². The molecular weight excluding hydrogens is 284 g/mol. The molecule has 0 N–H and O–H groups in total. The van der Waals surface area contributed by atoms with Gasteiger partial charge in [-0.2, -0.15) is 0 Å². The summed E-state index contributed by atoms with van der Waals surface area (Å²) in [6.07, 6.45) is 0.492. The van der Waals surface area contributed by atoms with Crippen LogP contribution in [-0.2, 0) is 18.9 Å². The number of rotatable bonds is 5. The molecule has 0 amide bonds. The average Bonchev–Trinajstić information content (AvgIpc) is 3.17. The molecule has 0 radical (unpaired) electrons. The van der Waals surface area contributed by atoms with Crippen molar-refractivity contribution in [3.8, 4) is 0 Å². The van der Waals surface area contributed by atoms with E-state index in [1.165, 1.54) is 0 Å². The molecule has 1 aromatic rings. The van der Waals surface area contributed by atoms with Crippen LogP contribution in [0.5, 0.6) is 0 Å². The van der Waals surface area contributed by atoms with Gasteiger partial charge in [0.15, 0.2) is 5.79 Å². The van der Waals surface area contributed by atoms with E-state index >= 15 is 0 Å². The third-order valence-electron chi connectivity index (χ3n) is 4.02. The van der Waals surface area contributed by atoms with Crippen LogP contribution in [0, 0.1) is 5.92 Å². The van der Waals surface area contributed by atoms with Gasteiger partial charge in [0, 0.05) is 13.0 Å². The fourth-order valence-corrected chi connectivity index (χ4v) is 2.97. The fourth-order valence-electron chi connectivity index (χ4n) is 2.97. The molecule has 1 heterocycles. The van der Waals surface area contributed by atoms with Gasteiger partial charge in [-0.25, -0.2) is 4.79 Å². The minimum atomic E-state index is -0.621. The molecule has 4 unspecified atom stereocenters. The maximum atomic E-state index is 12.1. The number of methoxy groups -OCH3 is 1. The van der Waals surface area contributed by atoms with E-state index in [4.69, 9.17) is 18.9 Å². The predicted octanol–water partition coefficient (Wildman–Crippen LogP) is 2.40. The summed E-state index contributed by atoms with van der Waals surface area (Å²) >= 11 is 0. The molecule has 3 rings (SSSR count). The Hall–Kier alpha value is -1.43. The Morgan fingerprint density at radius 3 is 2.68 bits per heavy atom. The third kappa shape index (κ3) is 3.32. The topological polar surface area (TPSA) is 54.0 Å². The summed E-state index contributed by atoms with van der Waals surface area (Å²) < 4.78 is 22.6. The minimum absolute atomic E-state index is 0.0940. The van der Waals surface area contributed by atoms with Gasteiger partial charge in [0.05, 0.1) is 18.3 Å². The fraction of sp³-hybridized carbons (Fsp3) is 0.588. The Morgan fingerprint density at radius 1 is 1.27 bits per heavy atom. The standard InChI is InChI=1S/C17H22O5/c1-17(2)21-14(10-19-3)15(22-17)12-9-13(12)20-16(18)11-7-5-4-6-8-11/h4-8,12-15H,9-10H2,1-3H3. The van der Waals surface area contributed by atoms with Crippen LogP contribution in [0.1, 0.15) is 30.6 Å². The Morgan fingerprint density at radius 2 is 2.00 bits per heavy atom. The van der Waals surface area contributed by atoms with E-state index in [0.29, 0.717) is 12.2 Å². The van der Waals surface area contributed by atoms with Crippen molar-refractivity contribution in [1.29, 1.82) is 0 Å². The van der Waals surface area contributed by atoms with Gasteiger partial charge in [-0.15, -0.1) is 0 Å². The second-order valence-corrected chi connectivity index (χ2v) is 6.30. The molecular formula is C17H22O5. The van der Waals surface area contributed by atoms with Crippen LogP contribution in [-0.4, -0.2) is 43.8 Å². The SMILES string of the molecule is COCC1OC(C)(C)OC1C1CC1OC(=O)c1ccccc1. The van der Waals surface area contributed by atoms with Crippen molar-refractivity contribution in [2.45, 2.75) is 44.4 Å². The van der Waals surface area contributed by atoms with Crippen LogP contribution in [0.2, 0.25) is 0 Å². The van der Waals surface area contributed by atoms with Gasteiger partial charge < -0.3 is 18.9 Å². The lowest BCUT2D eigenvalue weighted by molar-refractivity contribution is -0.151. The number of carbonyl (C=O) groups excluding carboxylic acids is 1. The Kier molecular flexibility index (Phi) is 4.21. The summed E-state index contributed by atoms with van der Waals surface area (Å²) in [5.74, 6) is -0.728. The molecule has 0 aromatic heterocycles. The summed E-state index contributed by atoms with van der Waals surface area (Å²) in [7, 11) is 1.64. The van der Waals surface area contributed by atoms with Crippen molar-refractivity contribution in [2.75, 3.05) is 13.7 Å². The van der Waals surface area contributed by atoms with E-state index in [1.54, 1.807) is 19.2 Å². The minimum Gasteiger partial charge on any atom is -0.458 e. The van der Waals surface area contributed by atoms with Gasteiger partial charge in [-0.1, -0.05) is 18.2 Å². The largest absolute Gasteiger partial charge is 0.458 e. The lowest BCUT2D eigenvalue weighted by atomic mass is 10.1. The quantitative estimate of drug-likeness (QED) is 0.782. The average molecular weight is 306 g/mol. The smallest absolute Gasteiger partial charge is 0.338 e. The van der Waals surface area contributed by atoms with E-state index in [9.17, 15) is 4.79 Å². The highest BCUT2D eigenvalue weighted by molar-refractivity contribution is 5.89. The van der Waals surface area contributed by atoms with Gasteiger partial charge >= 0.3 is 5.97 Å². The van der Waals surface area contributed by atoms with Gasteiger partial charge in [-0.05, 0) is 32.4 Å². The van der Waals surface area contributed by atoms with Gasteiger partial charge in [0.2, 0.25) is 0 Å². The number of benzene rings is 1. The Bertz CT molecular complexity index is 527. The molecule has 5 heteroatoms. The second-order valence-electron chi connectivity index (χ2n) is 6.30. The molecule has 4 atom stereocenters. The first-order chi connectivity index (χ1) is 10.5. The number of esters is 1. The van der Waals surface area contributed by atoms with Gasteiger partial charge in [0.1, 0.15) is 12.2 Å².